The first kappa shape index (κ1) is 10.2. The maximum Gasteiger partial charge on any atom is 0.133 e. The van der Waals surface area contributed by atoms with Gasteiger partial charge in [0.2, 0.25) is 0 Å². The van der Waals surface area contributed by atoms with Crippen molar-refractivity contribution in [2.45, 2.75) is 32.5 Å². The summed E-state index contributed by atoms with van der Waals surface area (Å²) < 4.78 is 15.1. The second-order valence-electron chi connectivity index (χ2n) is 3.61. The summed E-state index contributed by atoms with van der Waals surface area (Å²) in [5.41, 5.74) is 4.66. The standard InChI is InChI=1S/C9H16FN3/c1-9(2,10)8-6-12-13(7-8)5-3-4-11/h6-7H,3-5,11H2,1-2H3. The highest BCUT2D eigenvalue weighted by Gasteiger charge is 2.20. The summed E-state index contributed by atoms with van der Waals surface area (Å²) in [6, 6.07) is 0. The zero-order chi connectivity index (χ0) is 9.90. The van der Waals surface area contributed by atoms with Gasteiger partial charge in [0.05, 0.1) is 6.20 Å². The lowest BCUT2D eigenvalue weighted by Gasteiger charge is -2.10. The lowest BCUT2D eigenvalue weighted by molar-refractivity contribution is 0.221. The molecule has 0 aromatic carbocycles. The molecule has 0 saturated carbocycles. The Morgan fingerprint density at radius 3 is 2.77 bits per heavy atom. The SMILES string of the molecule is CC(C)(F)c1cnn(CCCN)c1. The number of rotatable bonds is 4. The second-order valence-corrected chi connectivity index (χ2v) is 3.61. The monoisotopic (exact) mass is 185 g/mol. The van der Waals surface area contributed by atoms with Gasteiger partial charge < -0.3 is 5.73 Å². The van der Waals surface area contributed by atoms with Crippen LogP contribution in [0.1, 0.15) is 25.8 Å². The van der Waals surface area contributed by atoms with E-state index in [0.29, 0.717) is 12.1 Å². The van der Waals surface area contributed by atoms with E-state index in [4.69, 9.17) is 5.73 Å². The minimum Gasteiger partial charge on any atom is -0.330 e. The summed E-state index contributed by atoms with van der Waals surface area (Å²) in [7, 11) is 0. The minimum atomic E-state index is -1.30. The molecule has 0 fully saturated rings. The lowest BCUT2D eigenvalue weighted by atomic mass is 10.1. The molecule has 0 amide bonds. The van der Waals surface area contributed by atoms with E-state index in [-0.39, 0.29) is 0 Å². The second kappa shape index (κ2) is 3.87. The normalized spacial score (nSPS) is 12.0. The van der Waals surface area contributed by atoms with Crippen LogP contribution >= 0.6 is 0 Å². The Morgan fingerprint density at radius 2 is 2.31 bits per heavy atom. The fraction of sp³-hybridized carbons (Fsp3) is 0.667. The number of alkyl halides is 1. The van der Waals surface area contributed by atoms with Crippen LogP contribution in [0, 0.1) is 0 Å². The van der Waals surface area contributed by atoms with Crippen molar-refractivity contribution in [2.75, 3.05) is 6.54 Å². The van der Waals surface area contributed by atoms with Gasteiger partial charge in [-0.15, -0.1) is 0 Å². The molecule has 0 spiro atoms. The molecule has 1 heterocycles. The molecule has 0 aliphatic heterocycles. The van der Waals surface area contributed by atoms with Crippen LogP contribution in [0.3, 0.4) is 0 Å². The zero-order valence-electron chi connectivity index (χ0n) is 8.13. The van der Waals surface area contributed by atoms with Gasteiger partial charge in [-0.25, -0.2) is 4.39 Å². The summed E-state index contributed by atoms with van der Waals surface area (Å²) in [6.45, 7) is 4.44. The first-order valence-corrected chi connectivity index (χ1v) is 4.46. The predicted octanol–water partition coefficient (Wildman–Crippen LogP) is 1.44. The largest absolute Gasteiger partial charge is 0.330 e. The highest BCUT2D eigenvalue weighted by atomic mass is 19.1. The fourth-order valence-electron chi connectivity index (χ4n) is 1.05. The minimum absolute atomic E-state index is 0.615. The highest BCUT2D eigenvalue weighted by Crippen LogP contribution is 2.23. The first-order chi connectivity index (χ1) is 6.04. The molecular formula is C9H16FN3. The molecule has 1 aromatic rings. The van der Waals surface area contributed by atoms with Crippen molar-refractivity contribution in [2.24, 2.45) is 5.73 Å². The lowest BCUT2D eigenvalue weighted by Crippen LogP contribution is -2.08. The topological polar surface area (TPSA) is 43.8 Å². The molecule has 0 unspecified atom stereocenters. The van der Waals surface area contributed by atoms with E-state index in [1.807, 2.05) is 0 Å². The van der Waals surface area contributed by atoms with Crippen LogP contribution in [-0.2, 0) is 12.2 Å². The van der Waals surface area contributed by atoms with Gasteiger partial charge >= 0.3 is 0 Å². The van der Waals surface area contributed by atoms with Crippen molar-refractivity contribution in [3.63, 3.8) is 0 Å². The average molecular weight is 185 g/mol. The van der Waals surface area contributed by atoms with Crippen molar-refractivity contribution < 1.29 is 4.39 Å². The highest BCUT2D eigenvalue weighted by molar-refractivity contribution is 5.12. The van der Waals surface area contributed by atoms with Crippen LogP contribution in [0.2, 0.25) is 0 Å². The van der Waals surface area contributed by atoms with E-state index >= 15 is 0 Å². The molecule has 0 radical (unpaired) electrons. The van der Waals surface area contributed by atoms with Gasteiger partial charge in [0, 0.05) is 18.3 Å². The molecule has 4 heteroatoms. The average Bonchev–Trinajstić information content (AvgIpc) is 2.47. The molecule has 2 N–H and O–H groups in total. The van der Waals surface area contributed by atoms with E-state index in [1.165, 1.54) is 13.8 Å². The van der Waals surface area contributed by atoms with E-state index in [9.17, 15) is 4.39 Å². The molecule has 0 aliphatic rings. The van der Waals surface area contributed by atoms with Crippen molar-refractivity contribution in [1.82, 2.24) is 9.78 Å². The molecule has 0 atom stereocenters. The van der Waals surface area contributed by atoms with Gasteiger partial charge in [-0.3, -0.25) is 4.68 Å². The Kier molecular flexibility index (Phi) is 3.03. The Bertz CT molecular complexity index is 262. The number of nitrogens with zero attached hydrogens (tertiary/aromatic N) is 2. The summed E-state index contributed by atoms with van der Waals surface area (Å²) in [5.74, 6) is 0. The number of aryl methyl sites for hydroxylation is 1. The quantitative estimate of drug-likeness (QED) is 0.771. The number of halogens is 1. The van der Waals surface area contributed by atoms with Gasteiger partial charge in [-0.1, -0.05) is 0 Å². The van der Waals surface area contributed by atoms with Crippen LogP contribution in [0.5, 0.6) is 0 Å². The zero-order valence-corrected chi connectivity index (χ0v) is 8.13. The predicted molar refractivity (Wildman–Crippen MR) is 50.0 cm³/mol. The van der Waals surface area contributed by atoms with Gasteiger partial charge in [-0.05, 0) is 26.8 Å². The summed E-state index contributed by atoms with van der Waals surface area (Å²) in [5, 5.41) is 4.04. The van der Waals surface area contributed by atoms with Crippen LogP contribution < -0.4 is 5.73 Å². The third-order valence-electron chi connectivity index (χ3n) is 1.91. The molecule has 3 nitrogen and oxygen atoms in total. The smallest absolute Gasteiger partial charge is 0.133 e. The maximum absolute atomic E-state index is 13.4. The van der Waals surface area contributed by atoms with E-state index in [0.717, 1.165) is 13.0 Å². The van der Waals surface area contributed by atoms with E-state index in [2.05, 4.69) is 5.10 Å². The van der Waals surface area contributed by atoms with Gasteiger partial charge in [0.1, 0.15) is 5.67 Å². The number of hydrogen-bond acceptors (Lipinski definition) is 2. The third kappa shape index (κ3) is 2.81. The molecule has 1 aromatic heterocycles. The molecule has 0 aliphatic carbocycles. The molecule has 13 heavy (non-hydrogen) atoms. The van der Waals surface area contributed by atoms with Crippen molar-refractivity contribution in [3.8, 4) is 0 Å². The Labute approximate surface area is 77.7 Å². The van der Waals surface area contributed by atoms with Crippen LogP contribution in [0.15, 0.2) is 12.4 Å². The fourth-order valence-corrected chi connectivity index (χ4v) is 1.05. The van der Waals surface area contributed by atoms with E-state index < -0.39 is 5.67 Å². The molecular weight excluding hydrogens is 169 g/mol. The first-order valence-electron chi connectivity index (χ1n) is 4.46. The molecule has 0 bridgehead atoms. The van der Waals surface area contributed by atoms with E-state index in [1.54, 1.807) is 17.1 Å². The third-order valence-corrected chi connectivity index (χ3v) is 1.91. The van der Waals surface area contributed by atoms with Gasteiger partial charge in [-0.2, -0.15) is 5.10 Å². The number of nitrogens with two attached hydrogens (primary N) is 1. The summed E-state index contributed by atoms with van der Waals surface area (Å²) in [4.78, 5) is 0. The Morgan fingerprint density at radius 1 is 1.62 bits per heavy atom. The van der Waals surface area contributed by atoms with Crippen LogP contribution in [-0.4, -0.2) is 16.3 Å². The Balaban J connectivity index is 2.64. The van der Waals surface area contributed by atoms with Crippen molar-refractivity contribution in [1.29, 1.82) is 0 Å². The van der Waals surface area contributed by atoms with Crippen LogP contribution in [0.25, 0.3) is 0 Å². The van der Waals surface area contributed by atoms with Crippen molar-refractivity contribution >= 4 is 0 Å². The molecule has 0 saturated heterocycles. The Hall–Kier alpha value is -0.900. The number of hydrogen-bond donors (Lipinski definition) is 1. The number of aromatic nitrogens is 2. The summed E-state index contributed by atoms with van der Waals surface area (Å²) >= 11 is 0. The molecule has 1 rings (SSSR count). The van der Waals surface area contributed by atoms with Gasteiger partial charge in [0.25, 0.3) is 0 Å². The summed E-state index contributed by atoms with van der Waals surface area (Å²) in [6.07, 6.45) is 4.17. The van der Waals surface area contributed by atoms with Crippen molar-refractivity contribution in [3.05, 3.63) is 18.0 Å². The maximum atomic E-state index is 13.4. The van der Waals surface area contributed by atoms with Crippen LogP contribution in [0.4, 0.5) is 4.39 Å². The molecule has 74 valence electrons. The van der Waals surface area contributed by atoms with Gasteiger partial charge in [0.15, 0.2) is 0 Å².